The maximum Gasteiger partial charge on any atom is 0.274 e. The van der Waals surface area contributed by atoms with E-state index in [1.807, 2.05) is 53.4 Å². The number of aromatic nitrogens is 4. The van der Waals surface area contributed by atoms with E-state index < -0.39 is 0 Å². The lowest BCUT2D eigenvalue weighted by Crippen LogP contribution is -2.31. The van der Waals surface area contributed by atoms with Gasteiger partial charge >= 0.3 is 0 Å². The van der Waals surface area contributed by atoms with E-state index in [0.717, 1.165) is 41.1 Å². The lowest BCUT2D eigenvalue weighted by atomic mass is 10.2. The second-order valence-electron chi connectivity index (χ2n) is 7.14. The van der Waals surface area contributed by atoms with Crippen molar-refractivity contribution in [3.63, 3.8) is 0 Å². The minimum Gasteiger partial charge on any atom is -0.497 e. The number of methoxy groups -OCH3 is 1. The molecule has 1 unspecified atom stereocenters. The zero-order chi connectivity index (χ0) is 19.8. The average Bonchev–Trinajstić information content (AvgIpc) is 3.52. The van der Waals surface area contributed by atoms with Gasteiger partial charge in [0.15, 0.2) is 5.69 Å². The fraction of sp³-hybridized carbons (Fsp3) is 0.227. The number of para-hydroxylation sites is 2. The molecule has 0 radical (unpaired) electrons. The van der Waals surface area contributed by atoms with Gasteiger partial charge in [-0.15, -0.1) is 0 Å². The highest BCUT2D eigenvalue weighted by atomic mass is 16.5. The summed E-state index contributed by atoms with van der Waals surface area (Å²) >= 11 is 0. The number of carbonyl (C=O) groups is 1. The van der Waals surface area contributed by atoms with Crippen LogP contribution >= 0.6 is 0 Å². The van der Waals surface area contributed by atoms with Crippen molar-refractivity contribution in [2.24, 2.45) is 0 Å². The quantitative estimate of drug-likeness (QED) is 0.579. The molecule has 7 nitrogen and oxygen atoms in total. The summed E-state index contributed by atoms with van der Waals surface area (Å²) in [4.78, 5) is 23.1. The molecule has 146 valence electrons. The Morgan fingerprint density at radius 3 is 2.76 bits per heavy atom. The molecule has 1 atom stereocenters. The Labute approximate surface area is 167 Å². The summed E-state index contributed by atoms with van der Waals surface area (Å²) in [5, 5.41) is 4.51. The van der Waals surface area contributed by atoms with Gasteiger partial charge in [-0.3, -0.25) is 4.79 Å². The van der Waals surface area contributed by atoms with E-state index in [2.05, 4.69) is 10.1 Å². The number of fused-ring (bicyclic) bond motifs is 1. The van der Waals surface area contributed by atoms with E-state index in [1.54, 1.807) is 24.1 Å². The monoisotopic (exact) mass is 387 g/mol. The smallest absolute Gasteiger partial charge is 0.274 e. The van der Waals surface area contributed by atoms with Gasteiger partial charge in [-0.05, 0) is 55.3 Å². The first-order chi connectivity index (χ1) is 14.2. The molecule has 1 saturated heterocycles. The summed E-state index contributed by atoms with van der Waals surface area (Å²) in [5.41, 5.74) is 3.22. The molecule has 2 aromatic heterocycles. The Morgan fingerprint density at radius 2 is 1.97 bits per heavy atom. The first kappa shape index (κ1) is 17.5. The van der Waals surface area contributed by atoms with Crippen LogP contribution in [0.3, 0.4) is 0 Å². The molecule has 0 saturated carbocycles. The van der Waals surface area contributed by atoms with Gasteiger partial charge < -0.3 is 14.6 Å². The number of benzene rings is 2. The average molecular weight is 387 g/mol. The number of rotatable bonds is 4. The van der Waals surface area contributed by atoms with Crippen LogP contribution in [0.4, 0.5) is 0 Å². The number of nitrogens with one attached hydrogen (secondary N) is 1. The van der Waals surface area contributed by atoms with E-state index in [-0.39, 0.29) is 11.9 Å². The third-order valence-electron chi connectivity index (χ3n) is 5.38. The van der Waals surface area contributed by atoms with Gasteiger partial charge in [0, 0.05) is 12.7 Å². The van der Waals surface area contributed by atoms with Crippen molar-refractivity contribution < 1.29 is 9.53 Å². The summed E-state index contributed by atoms with van der Waals surface area (Å²) in [6.07, 6.45) is 3.65. The molecule has 1 aliphatic rings. The number of imidazole rings is 1. The van der Waals surface area contributed by atoms with Gasteiger partial charge in [-0.2, -0.15) is 5.10 Å². The van der Waals surface area contributed by atoms with E-state index in [9.17, 15) is 4.79 Å². The van der Waals surface area contributed by atoms with Gasteiger partial charge in [0.1, 0.15) is 11.6 Å². The number of ether oxygens (including phenoxy) is 1. The van der Waals surface area contributed by atoms with Gasteiger partial charge in [0.2, 0.25) is 0 Å². The SMILES string of the molecule is COc1ccc(-n2ccc(C(=O)N3CCCC3c3nc4ccccc4[nH]3)n2)cc1. The van der Waals surface area contributed by atoms with Gasteiger partial charge in [-0.1, -0.05) is 12.1 Å². The number of likely N-dealkylation sites (tertiary alicyclic amines) is 1. The van der Waals surface area contributed by atoms with Crippen LogP contribution in [0.2, 0.25) is 0 Å². The number of aromatic amines is 1. The summed E-state index contributed by atoms with van der Waals surface area (Å²) in [6.45, 7) is 0.704. The maximum absolute atomic E-state index is 13.2. The Morgan fingerprint density at radius 1 is 1.14 bits per heavy atom. The lowest BCUT2D eigenvalue weighted by Gasteiger charge is -2.22. The fourth-order valence-corrected chi connectivity index (χ4v) is 3.89. The molecule has 5 rings (SSSR count). The zero-order valence-electron chi connectivity index (χ0n) is 16.1. The Kier molecular flexibility index (Phi) is 4.27. The van der Waals surface area contributed by atoms with Crippen LogP contribution < -0.4 is 4.74 Å². The molecule has 0 aliphatic carbocycles. The lowest BCUT2D eigenvalue weighted by molar-refractivity contribution is 0.0724. The van der Waals surface area contributed by atoms with E-state index in [1.165, 1.54) is 0 Å². The molecule has 0 bridgehead atoms. The van der Waals surface area contributed by atoms with E-state index >= 15 is 0 Å². The fourth-order valence-electron chi connectivity index (χ4n) is 3.89. The number of nitrogens with zero attached hydrogens (tertiary/aromatic N) is 4. The molecule has 0 spiro atoms. The number of hydrogen-bond donors (Lipinski definition) is 1. The molecule has 2 aromatic carbocycles. The second-order valence-corrected chi connectivity index (χ2v) is 7.14. The minimum atomic E-state index is -0.0692. The minimum absolute atomic E-state index is 0.0546. The molecule has 1 aliphatic heterocycles. The predicted molar refractivity (Wildman–Crippen MR) is 109 cm³/mol. The van der Waals surface area contributed by atoms with Crippen molar-refractivity contribution >= 4 is 16.9 Å². The first-order valence-electron chi connectivity index (χ1n) is 9.68. The highest BCUT2D eigenvalue weighted by Crippen LogP contribution is 2.32. The standard InChI is InChI=1S/C22H21N5O2/c1-29-16-10-8-15(9-11-16)27-14-12-19(25-27)22(28)26-13-4-7-20(26)21-23-17-5-2-3-6-18(17)24-21/h2-3,5-6,8-12,14,20H,4,7,13H2,1H3,(H,23,24). The van der Waals surface area contributed by atoms with Crippen LogP contribution in [0.25, 0.3) is 16.7 Å². The van der Waals surface area contributed by atoms with Gasteiger partial charge in [0.25, 0.3) is 5.91 Å². The second kappa shape index (κ2) is 7.09. The number of H-pyrrole nitrogens is 1. The molecular weight excluding hydrogens is 366 g/mol. The molecule has 1 amide bonds. The van der Waals surface area contributed by atoms with Crippen LogP contribution in [-0.2, 0) is 0 Å². The molecule has 29 heavy (non-hydrogen) atoms. The maximum atomic E-state index is 13.2. The van der Waals surface area contributed by atoms with Crippen LogP contribution in [0.5, 0.6) is 5.75 Å². The molecule has 1 N–H and O–H groups in total. The summed E-state index contributed by atoms with van der Waals surface area (Å²) in [6, 6.07) is 17.2. The Hall–Kier alpha value is -3.61. The summed E-state index contributed by atoms with van der Waals surface area (Å²) < 4.78 is 6.90. The third-order valence-corrected chi connectivity index (χ3v) is 5.38. The van der Waals surface area contributed by atoms with Crippen molar-refractivity contribution in [1.82, 2.24) is 24.6 Å². The highest BCUT2D eigenvalue weighted by Gasteiger charge is 2.33. The zero-order valence-corrected chi connectivity index (χ0v) is 16.1. The van der Waals surface area contributed by atoms with Gasteiger partial charge in [0.05, 0.1) is 29.9 Å². The molecule has 3 heterocycles. The molecule has 4 aromatic rings. The van der Waals surface area contributed by atoms with Crippen molar-refractivity contribution in [1.29, 1.82) is 0 Å². The predicted octanol–water partition coefficient (Wildman–Crippen LogP) is 3.73. The van der Waals surface area contributed by atoms with Crippen molar-refractivity contribution in [3.8, 4) is 11.4 Å². The number of amides is 1. The van der Waals surface area contributed by atoms with Crippen molar-refractivity contribution in [3.05, 3.63) is 72.3 Å². The molecule has 1 fully saturated rings. The molecular formula is C22H21N5O2. The Bertz CT molecular complexity index is 1130. The van der Waals surface area contributed by atoms with Crippen LogP contribution in [0, 0.1) is 0 Å². The highest BCUT2D eigenvalue weighted by molar-refractivity contribution is 5.92. The van der Waals surface area contributed by atoms with Crippen LogP contribution in [0.1, 0.15) is 35.2 Å². The van der Waals surface area contributed by atoms with Crippen molar-refractivity contribution in [2.75, 3.05) is 13.7 Å². The number of hydrogen-bond acceptors (Lipinski definition) is 4. The largest absolute Gasteiger partial charge is 0.497 e. The van der Waals surface area contributed by atoms with Gasteiger partial charge in [-0.25, -0.2) is 9.67 Å². The normalized spacial score (nSPS) is 16.4. The van der Waals surface area contributed by atoms with E-state index in [4.69, 9.17) is 9.72 Å². The third kappa shape index (κ3) is 3.14. The van der Waals surface area contributed by atoms with Crippen molar-refractivity contribution in [2.45, 2.75) is 18.9 Å². The summed E-state index contributed by atoms with van der Waals surface area (Å²) in [7, 11) is 1.63. The Balaban J connectivity index is 1.40. The first-order valence-corrected chi connectivity index (χ1v) is 9.68. The topological polar surface area (TPSA) is 76.0 Å². The number of carbonyl (C=O) groups excluding carboxylic acids is 1. The molecule has 7 heteroatoms. The summed E-state index contributed by atoms with van der Waals surface area (Å²) in [5.74, 6) is 1.55. The van der Waals surface area contributed by atoms with Crippen LogP contribution in [0.15, 0.2) is 60.8 Å². The van der Waals surface area contributed by atoms with E-state index in [0.29, 0.717) is 12.2 Å². The van der Waals surface area contributed by atoms with Crippen LogP contribution in [-0.4, -0.2) is 44.2 Å².